The van der Waals surface area contributed by atoms with Gasteiger partial charge in [0.1, 0.15) is 126 Å². The smallest absolute Gasteiger partial charge is 0.508 e. The number of benzene rings is 7. The van der Waals surface area contributed by atoms with Crippen LogP contribution in [-0.4, -0.2) is 245 Å². The van der Waals surface area contributed by atoms with E-state index in [4.69, 9.17) is 72.6 Å². The topological polar surface area (TPSA) is 611 Å². The van der Waals surface area contributed by atoms with Crippen LogP contribution in [0.1, 0.15) is 116 Å². The van der Waals surface area contributed by atoms with Gasteiger partial charge in [0.15, 0.2) is 30.1 Å². The summed E-state index contributed by atoms with van der Waals surface area (Å²) in [5, 5.41) is 160. The number of aliphatic hydroxyl groups excluding tert-OH is 8. The standard InChI is InChI=1S/C87H97Cl2F3N10O29S/c1-34(2)19-49(95-5)77(115)101-65-67(108)39-12-17-53(47(88)22-39)124-55-24-41-25-56(74(55)129-85-72(113)70(111)75(58(32-103)127-85)130-84-71(112)69(110)68(109)57(126-84)31-96-30-37-7-6-8-44(20-37)132-33-36-9-14-43(15-10-36)131-87(90,91)92)125-54-18-13-40(23-48(54)89)73(128-60-29-86(4,94)76(114)35(3)123-60)66-82(120)100-64(83(121)122)46-26-42(104)27-52(106)61(46)45-21-38(11-16-51(45)105)62(79(117)102-66)99-80(118)63(41)98-78(116)50(28-59(93)107)97-81(65)119/h6-18,20-27,34-35,49-50,57-58,60,62-73,75-76,84-85,95-96,103-106,108-114H,19,28-33,94H2,1-5H3,(H2,93,107)(H,97,119)(H,98,116)(H,99,118)(H,100,120)(H,101,115)(H,102,117)(H,121,122)/t35-,49+,50-,57+,58+,60?,62+,63+,64+,65+,66-,67+,68-,69-,70+,71+,72+,73+,75+,76-,84-,85-,86-/m0/s1. The zero-order chi connectivity index (χ0) is 95.5. The Kier molecular flexibility index (Phi) is 30.8. The summed E-state index contributed by atoms with van der Waals surface area (Å²) in [6.07, 6.45) is -34.7. The molecule has 8 heterocycles. The van der Waals surface area contributed by atoms with Gasteiger partial charge in [-0.15, -0.1) is 24.9 Å². The Morgan fingerprint density at radius 3 is 1.94 bits per heavy atom. The van der Waals surface area contributed by atoms with E-state index in [1.165, 1.54) is 69.1 Å². The predicted molar refractivity (Wildman–Crippen MR) is 456 cm³/mol. The number of likely N-dealkylation sites (N-methyl/N-ethyl adjacent to an activating group) is 1. The maximum atomic E-state index is 16.5. The number of alkyl halides is 3. The second-order valence-corrected chi connectivity index (χ2v) is 35.0. The molecule has 0 saturated carbocycles. The minimum absolute atomic E-state index is 0.109. The summed E-state index contributed by atoms with van der Waals surface area (Å²) in [5.41, 5.74) is 9.25. The lowest BCUT2D eigenvalue weighted by Crippen LogP contribution is -2.65. The molecule has 1 unspecified atom stereocenters. The summed E-state index contributed by atoms with van der Waals surface area (Å²) in [6, 6.07) is 11.1. The average molecular weight is 1910 g/mol. The van der Waals surface area contributed by atoms with Crippen molar-refractivity contribution in [2.75, 3.05) is 20.2 Å². The Bertz CT molecular complexity index is 5460. The average Bonchev–Trinajstić information content (AvgIpc) is 0.761. The fourth-order valence-corrected chi connectivity index (χ4v) is 17.4. The number of phenolic OH excluding ortho intramolecular Hbond substituents is 3. The molecule has 45 heteroatoms. The number of amides is 7. The molecule has 0 radical (unpaired) electrons. The highest BCUT2D eigenvalue weighted by atomic mass is 35.5. The number of ether oxygens (including phenoxy) is 9. The monoisotopic (exact) mass is 1900 g/mol. The van der Waals surface area contributed by atoms with Crippen LogP contribution in [0.4, 0.5) is 13.2 Å². The first kappa shape index (κ1) is 98.5. The molecular formula is C87H97Cl2F3N10O29S. The van der Waals surface area contributed by atoms with E-state index in [0.717, 1.165) is 71.6 Å². The molecule has 15 rings (SSSR count). The lowest BCUT2D eigenvalue weighted by molar-refractivity contribution is -0.350. The summed E-state index contributed by atoms with van der Waals surface area (Å²) < 4.78 is 93.6. The van der Waals surface area contributed by atoms with Crippen molar-refractivity contribution in [1.29, 1.82) is 0 Å². The molecule has 7 amide bonds. The maximum Gasteiger partial charge on any atom is 0.573 e. The second kappa shape index (κ2) is 41.2. The normalized spacial score (nSPS) is 28.9. The van der Waals surface area contributed by atoms with E-state index in [1.54, 1.807) is 32.0 Å². The van der Waals surface area contributed by atoms with Crippen LogP contribution in [0.25, 0.3) is 11.1 Å². The predicted octanol–water partition coefficient (Wildman–Crippen LogP) is 2.92. The van der Waals surface area contributed by atoms with E-state index in [9.17, 15) is 88.8 Å². The number of fused-ring (bicyclic) bond motifs is 15. The number of phenols is 3. The SMILES string of the molecule is CN[C@H](CC(C)C)C(=O)N[C@H]1C(=O)N[C@@H](CC(N)=O)C(=O)N[C@H]2C(=O)N[C@H]3C(=O)N[C@H](C(=O)N[C@@H](C(=O)O)c4cc(O)cc(O)c4-c4cc3ccc4O)[C@H](OC3C[C@](C)(N)[C@@H](O)[C@H](C)O3)c3ccc(c(Cl)c3)Oc3cc2cc(c3O[C@@H]2O[C@H](CO)[C@@H](O[C@@H]3O[C@H](CNCc4cccc(SCc5ccc(OC(F)(F)F)cc5)c4)[C@H](O)[C@H](O)[C@H]3O)[C@H](O)[C@H]2O)Oc2ccc(cc2Cl)[C@H]1O. The molecule has 3 saturated heterocycles. The second-order valence-electron chi connectivity index (χ2n) is 33.1. The fraction of sp³-hybridized carbons (Fsp3) is 0.425. The Balaban J connectivity index is 0.926. The highest BCUT2D eigenvalue weighted by molar-refractivity contribution is 7.98. The lowest BCUT2D eigenvalue weighted by Gasteiger charge is -2.46. The number of rotatable bonds is 23. The summed E-state index contributed by atoms with van der Waals surface area (Å²) in [5.74, 6) is -17.0. The molecule has 0 spiro atoms. The van der Waals surface area contributed by atoms with Gasteiger partial charge in [-0.2, -0.15) is 0 Å². The minimum Gasteiger partial charge on any atom is -0.508 e. The Hall–Kier alpha value is -11.0. The van der Waals surface area contributed by atoms with Gasteiger partial charge in [-0.05, 0) is 145 Å². The minimum atomic E-state index is -4.87. The molecule has 39 nitrogen and oxygen atoms in total. The molecule has 8 aliphatic rings. The molecule has 710 valence electrons. The van der Waals surface area contributed by atoms with Gasteiger partial charge >= 0.3 is 12.3 Å². The summed E-state index contributed by atoms with van der Waals surface area (Å²) in [7, 11) is 1.45. The van der Waals surface area contributed by atoms with Crippen LogP contribution in [0, 0.1) is 5.92 Å². The number of hydrogen-bond acceptors (Lipinski definition) is 32. The number of halogens is 5. The molecule has 3 fully saturated rings. The largest absolute Gasteiger partial charge is 0.573 e. The maximum absolute atomic E-state index is 16.5. The van der Waals surface area contributed by atoms with Gasteiger partial charge in [0.05, 0.1) is 41.3 Å². The zero-order valence-electron chi connectivity index (χ0n) is 70.6. The first-order valence-electron chi connectivity index (χ1n) is 41.3. The number of nitrogens with one attached hydrogen (secondary N) is 8. The highest BCUT2D eigenvalue weighted by Crippen LogP contribution is 2.51. The fourth-order valence-electron chi connectivity index (χ4n) is 16.1. The van der Waals surface area contributed by atoms with Gasteiger partial charge in [-0.25, -0.2) is 4.79 Å². The van der Waals surface area contributed by atoms with Crippen LogP contribution in [0.5, 0.6) is 51.7 Å². The number of primary amides is 1. The number of aliphatic hydroxyl groups is 8. The van der Waals surface area contributed by atoms with Gasteiger partial charge in [0.25, 0.3) is 0 Å². The number of thioether (sulfide) groups is 1. The third kappa shape index (κ3) is 22.6. The van der Waals surface area contributed by atoms with Crippen LogP contribution >= 0.6 is 35.0 Å². The summed E-state index contributed by atoms with van der Waals surface area (Å²) >= 11 is 15.9. The van der Waals surface area contributed by atoms with Crippen molar-refractivity contribution in [2.24, 2.45) is 17.4 Å². The number of aromatic hydroxyl groups is 3. The van der Waals surface area contributed by atoms with Crippen LogP contribution in [0.15, 0.2) is 132 Å². The molecule has 23 atom stereocenters. The highest BCUT2D eigenvalue weighted by Gasteiger charge is 2.53. The van der Waals surface area contributed by atoms with Crippen LogP contribution in [0.2, 0.25) is 10.0 Å². The number of nitrogens with two attached hydrogens (primary N) is 2. The summed E-state index contributed by atoms with van der Waals surface area (Å²) in [6.45, 7) is 5.20. The molecule has 11 bridgehead atoms. The van der Waals surface area contributed by atoms with Crippen molar-refractivity contribution in [3.05, 3.63) is 176 Å². The van der Waals surface area contributed by atoms with Crippen molar-refractivity contribution < 1.29 is 155 Å². The zero-order valence-corrected chi connectivity index (χ0v) is 72.9. The van der Waals surface area contributed by atoms with E-state index in [2.05, 4.69) is 47.3 Å². The number of aliphatic carboxylic acids is 1. The molecule has 24 N–H and O–H groups in total. The van der Waals surface area contributed by atoms with Crippen molar-refractivity contribution in [3.63, 3.8) is 0 Å². The molecule has 7 aromatic rings. The number of hydrogen-bond donors (Lipinski definition) is 22. The lowest BCUT2D eigenvalue weighted by atomic mass is 9.86. The molecule has 8 aliphatic heterocycles. The van der Waals surface area contributed by atoms with Crippen molar-refractivity contribution in [3.8, 4) is 62.9 Å². The van der Waals surface area contributed by atoms with Crippen LogP contribution < -0.4 is 72.9 Å². The van der Waals surface area contributed by atoms with Crippen LogP contribution in [-0.2, 0) is 74.3 Å². The van der Waals surface area contributed by atoms with Gasteiger partial charge < -0.3 is 158 Å². The number of carboxylic acid groups (broad SMARTS) is 1. The van der Waals surface area contributed by atoms with Crippen molar-refractivity contribution in [2.45, 2.75) is 210 Å². The quantitative estimate of drug-likeness (QED) is 0.0409. The number of carbonyl (C=O) groups is 8. The van der Waals surface area contributed by atoms with E-state index in [0.29, 0.717) is 16.9 Å². The third-order valence-corrected chi connectivity index (χ3v) is 24.5. The third-order valence-electron chi connectivity index (χ3n) is 22.8. The first-order chi connectivity index (χ1) is 62.4. The number of carboxylic acids is 1. The number of carbonyl (C=O) groups excluding carboxylic acids is 7. The Morgan fingerprint density at radius 1 is 0.667 bits per heavy atom. The molecule has 0 aromatic heterocycles. The Labute approximate surface area is 763 Å². The van der Waals surface area contributed by atoms with Gasteiger partial charge in [0.2, 0.25) is 53.4 Å². The van der Waals surface area contributed by atoms with Gasteiger partial charge in [-0.1, -0.05) is 79.5 Å². The van der Waals surface area contributed by atoms with Crippen molar-refractivity contribution in [1.82, 2.24) is 42.5 Å². The Morgan fingerprint density at radius 2 is 1.30 bits per heavy atom. The van der Waals surface area contributed by atoms with E-state index < -0.39 is 291 Å². The molecule has 7 aromatic carbocycles. The molecule has 132 heavy (non-hydrogen) atoms. The van der Waals surface area contributed by atoms with E-state index in [-0.39, 0.29) is 48.7 Å². The van der Waals surface area contributed by atoms with E-state index in [1.807, 2.05) is 6.07 Å². The van der Waals surface area contributed by atoms with Gasteiger partial charge in [0, 0.05) is 58.5 Å². The molecular weight excluding hydrogens is 1810 g/mol. The van der Waals surface area contributed by atoms with Gasteiger partial charge in [-0.3, -0.25) is 33.6 Å². The van der Waals surface area contributed by atoms with Crippen LogP contribution in [0.3, 0.4) is 0 Å². The summed E-state index contributed by atoms with van der Waals surface area (Å²) in [4.78, 5) is 121. The van der Waals surface area contributed by atoms with E-state index >= 15 is 24.0 Å². The molecule has 0 aliphatic carbocycles. The first-order valence-corrected chi connectivity index (χ1v) is 43.1. The van der Waals surface area contributed by atoms with Crippen molar-refractivity contribution >= 4 is 82.3 Å².